The van der Waals surface area contributed by atoms with Crippen molar-refractivity contribution in [3.05, 3.63) is 69.9 Å². The number of carbonyl (C=O) groups is 1. The van der Waals surface area contributed by atoms with E-state index in [4.69, 9.17) is 0 Å². The van der Waals surface area contributed by atoms with Crippen molar-refractivity contribution in [3.63, 3.8) is 0 Å². The van der Waals surface area contributed by atoms with E-state index in [0.29, 0.717) is 21.8 Å². The summed E-state index contributed by atoms with van der Waals surface area (Å²) in [6.45, 7) is 0. The van der Waals surface area contributed by atoms with Gasteiger partial charge >= 0.3 is 0 Å². The van der Waals surface area contributed by atoms with Crippen LogP contribution in [0.5, 0.6) is 0 Å². The second kappa shape index (κ2) is 7.71. The third kappa shape index (κ3) is 4.64. The number of nitrogens with one attached hydrogen (secondary N) is 1. The Labute approximate surface area is 140 Å². The van der Waals surface area contributed by atoms with E-state index in [1.165, 1.54) is 18.2 Å². The van der Waals surface area contributed by atoms with Gasteiger partial charge in [-0.2, -0.15) is 0 Å². The summed E-state index contributed by atoms with van der Waals surface area (Å²) in [6.07, 6.45) is 0.713. The van der Waals surface area contributed by atoms with Crippen LogP contribution >= 0.6 is 31.9 Å². The van der Waals surface area contributed by atoms with Crippen LogP contribution in [0.25, 0.3) is 0 Å². The van der Waals surface area contributed by atoms with Gasteiger partial charge in [0.2, 0.25) is 0 Å². The second-order valence-electron chi connectivity index (χ2n) is 4.64. The Kier molecular flexibility index (Phi) is 5.94. The molecule has 1 atom stereocenters. The molecule has 0 aliphatic rings. The van der Waals surface area contributed by atoms with Crippen LogP contribution in [0.1, 0.15) is 15.9 Å². The van der Waals surface area contributed by atoms with E-state index in [2.05, 4.69) is 37.2 Å². The van der Waals surface area contributed by atoms with Gasteiger partial charge in [-0.25, -0.2) is 4.39 Å². The van der Waals surface area contributed by atoms with Crippen LogP contribution < -0.4 is 5.32 Å². The normalized spacial score (nSPS) is 12.0. The molecule has 1 amide bonds. The highest BCUT2D eigenvalue weighted by molar-refractivity contribution is 9.10. The molecule has 0 aliphatic carbocycles. The molecule has 110 valence electrons. The van der Waals surface area contributed by atoms with Crippen molar-refractivity contribution >= 4 is 37.8 Å². The molecule has 5 heteroatoms. The Morgan fingerprint density at radius 1 is 1.19 bits per heavy atom. The number of hydrogen-bond donors (Lipinski definition) is 1. The van der Waals surface area contributed by atoms with Crippen LogP contribution in [0, 0.1) is 5.82 Å². The van der Waals surface area contributed by atoms with Gasteiger partial charge in [0.1, 0.15) is 5.82 Å². The summed E-state index contributed by atoms with van der Waals surface area (Å²) in [7, 11) is 0. The van der Waals surface area contributed by atoms with Crippen molar-refractivity contribution in [2.45, 2.75) is 12.5 Å². The van der Waals surface area contributed by atoms with Crippen LogP contribution in [0.4, 0.5) is 4.39 Å². The number of amides is 1. The molecule has 0 saturated carbocycles. The molecule has 2 rings (SSSR count). The highest BCUT2D eigenvalue weighted by Gasteiger charge is 2.16. The van der Waals surface area contributed by atoms with E-state index >= 15 is 0 Å². The van der Waals surface area contributed by atoms with Gasteiger partial charge in [0.05, 0.1) is 5.56 Å². The summed E-state index contributed by atoms with van der Waals surface area (Å²) >= 11 is 6.68. The SMILES string of the molecule is O=C(NC(CBr)Cc1ccccc1)c1cc(F)ccc1Br. The maximum atomic E-state index is 13.3. The molecule has 0 fully saturated rings. The molecular formula is C16H14Br2FNO. The topological polar surface area (TPSA) is 29.1 Å². The van der Waals surface area contributed by atoms with Crippen LogP contribution in [-0.2, 0) is 6.42 Å². The molecule has 2 aromatic carbocycles. The minimum Gasteiger partial charge on any atom is -0.348 e. The third-order valence-corrected chi connectivity index (χ3v) is 4.49. The van der Waals surface area contributed by atoms with E-state index in [9.17, 15) is 9.18 Å². The first-order chi connectivity index (χ1) is 10.1. The van der Waals surface area contributed by atoms with Gasteiger partial charge in [-0.05, 0) is 46.1 Å². The predicted molar refractivity (Wildman–Crippen MR) is 89.3 cm³/mol. The van der Waals surface area contributed by atoms with Gasteiger partial charge in [0, 0.05) is 15.8 Å². The molecule has 21 heavy (non-hydrogen) atoms. The molecule has 1 unspecified atom stereocenters. The van der Waals surface area contributed by atoms with Crippen molar-refractivity contribution in [2.24, 2.45) is 0 Å². The van der Waals surface area contributed by atoms with Crippen molar-refractivity contribution in [1.82, 2.24) is 5.32 Å². The smallest absolute Gasteiger partial charge is 0.252 e. The highest BCUT2D eigenvalue weighted by atomic mass is 79.9. The minimum atomic E-state index is -0.429. The van der Waals surface area contributed by atoms with E-state index < -0.39 is 5.82 Å². The average molecular weight is 415 g/mol. The predicted octanol–water partition coefficient (Wildman–Crippen LogP) is 4.32. The Hall–Kier alpha value is -1.20. The molecule has 0 radical (unpaired) electrons. The fourth-order valence-corrected chi connectivity index (χ4v) is 2.79. The van der Waals surface area contributed by atoms with Gasteiger partial charge in [0.15, 0.2) is 0 Å². The van der Waals surface area contributed by atoms with Gasteiger partial charge < -0.3 is 5.32 Å². The molecule has 0 aliphatic heterocycles. The molecule has 0 heterocycles. The van der Waals surface area contributed by atoms with Gasteiger partial charge in [-0.15, -0.1) is 0 Å². The van der Waals surface area contributed by atoms with Crippen LogP contribution in [-0.4, -0.2) is 17.3 Å². The molecule has 0 saturated heterocycles. The summed E-state index contributed by atoms with van der Waals surface area (Å²) in [5.41, 5.74) is 1.44. The van der Waals surface area contributed by atoms with Crippen molar-refractivity contribution in [1.29, 1.82) is 0 Å². The molecule has 2 nitrogen and oxygen atoms in total. The number of hydrogen-bond acceptors (Lipinski definition) is 1. The lowest BCUT2D eigenvalue weighted by Gasteiger charge is -2.17. The fraction of sp³-hybridized carbons (Fsp3) is 0.188. The van der Waals surface area contributed by atoms with Crippen molar-refractivity contribution in [3.8, 4) is 0 Å². The van der Waals surface area contributed by atoms with Gasteiger partial charge in [0.25, 0.3) is 5.91 Å². The molecule has 0 bridgehead atoms. The second-order valence-corrected chi connectivity index (χ2v) is 6.14. The first kappa shape index (κ1) is 16.2. The summed E-state index contributed by atoms with van der Waals surface area (Å²) in [6, 6.07) is 13.9. The minimum absolute atomic E-state index is 0.0601. The Balaban J connectivity index is 2.07. The monoisotopic (exact) mass is 413 g/mol. The number of benzene rings is 2. The molecule has 1 N–H and O–H groups in total. The van der Waals surface area contributed by atoms with Crippen molar-refractivity contribution < 1.29 is 9.18 Å². The first-order valence-corrected chi connectivity index (χ1v) is 8.37. The first-order valence-electron chi connectivity index (χ1n) is 6.46. The Morgan fingerprint density at radius 2 is 1.90 bits per heavy atom. The Morgan fingerprint density at radius 3 is 2.57 bits per heavy atom. The number of halogens is 3. The zero-order valence-electron chi connectivity index (χ0n) is 11.2. The summed E-state index contributed by atoms with van der Waals surface area (Å²) in [4.78, 5) is 12.2. The van der Waals surface area contributed by atoms with Gasteiger partial charge in [-0.3, -0.25) is 4.79 Å². The van der Waals surface area contributed by atoms with Crippen LogP contribution in [0.15, 0.2) is 53.0 Å². The van der Waals surface area contributed by atoms with E-state index in [1.54, 1.807) is 0 Å². The summed E-state index contributed by atoms with van der Waals surface area (Å²) in [5.74, 6) is -0.719. The molecular weight excluding hydrogens is 401 g/mol. The number of alkyl halides is 1. The van der Waals surface area contributed by atoms with Crippen molar-refractivity contribution in [2.75, 3.05) is 5.33 Å². The third-order valence-electron chi connectivity index (χ3n) is 3.02. The zero-order chi connectivity index (χ0) is 15.2. The van der Waals surface area contributed by atoms with E-state index in [1.807, 2.05) is 30.3 Å². The number of rotatable bonds is 5. The average Bonchev–Trinajstić information content (AvgIpc) is 2.50. The standard InChI is InChI=1S/C16H14Br2FNO/c17-10-13(8-11-4-2-1-3-5-11)20-16(21)14-9-12(19)6-7-15(14)18/h1-7,9,13H,8,10H2,(H,20,21). The Bertz CT molecular complexity index is 619. The fourth-order valence-electron chi connectivity index (χ4n) is 1.98. The maximum Gasteiger partial charge on any atom is 0.252 e. The molecule has 2 aromatic rings. The van der Waals surface area contributed by atoms with Crippen LogP contribution in [0.2, 0.25) is 0 Å². The molecule has 0 spiro atoms. The lowest BCUT2D eigenvalue weighted by atomic mass is 10.1. The van der Waals surface area contributed by atoms with Crippen LogP contribution in [0.3, 0.4) is 0 Å². The molecule has 0 aromatic heterocycles. The largest absolute Gasteiger partial charge is 0.348 e. The van der Waals surface area contributed by atoms with E-state index in [-0.39, 0.29) is 11.9 Å². The maximum absolute atomic E-state index is 13.3. The quantitative estimate of drug-likeness (QED) is 0.725. The van der Waals surface area contributed by atoms with Gasteiger partial charge in [-0.1, -0.05) is 46.3 Å². The summed E-state index contributed by atoms with van der Waals surface area (Å²) < 4.78 is 13.8. The zero-order valence-corrected chi connectivity index (χ0v) is 14.3. The lowest BCUT2D eigenvalue weighted by molar-refractivity contribution is 0.0940. The summed E-state index contributed by atoms with van der Waals surface area (Å²) in [5, 5.41) is 3.54. The lowest BCUT2D eigenvalue weighted by Crippen LogP contribution is -2.37. The van der Waals surface area contributed by atoms with E-state index in [0.717, 1.165) is 5.56 Å². The number of carbonyl (C=O) groups excluding carboxylic acids is 1. The highest BCUT2D eigenvalue weighted by Crippen LogP contribution is 2.18.